The summed E-state index contributed by atoms with van der Waals surface area (Å²) in [6, 6.07) is 7.71. The maximum absolute atomic E-state index is 13.4. The van der Waals surface area contributed by atoms with Gasteiger partial charge in [-0.3, -0.25) is 20.4 Å². The lowest BCUT2D eigenvalue weighted by atomic mass is 9.90. The van der Waals surface area contributed by atoms with E-state index in [0.29, 0.717) is 10.8 Å². The Balaban J connectivity index is 1.49. The van der Waals surface area contributed by atoms with Crippen LogP contribution in [0.25, 0.3) is 0 Å². The number of carbonyl (C=O) groups is 2. The van der Waals surface area contributed by atoms with Gasteiger partial charge in [0.1, 0.15) is 0 Å². The molecule has 0 unspecified atom stereocenters. The predicted molar refractivity (Wildman–Crippen MR) is 93.0 cm³/mol. The van der Waals surface area contributed by atoms with Gasteiger partial charge in [0.15, 0.2) is 18.2 Å². The highest BCUT2D eigenvalue weighted by Gasteiger charge is 2.20. The Hall–Kier alpha value is -2.41. The van der Waals surface area contributed by atoms with E-state index >= 15 is 0 Å². The van der Waals surface area contributed by atoms with Crippen molar-refractivity contribution in [2.75, 3.05) is 6.61 Å². The number of hydrogen-bond acceptors (Lipinski definition) is 4. The predicted octanol–water partition coefficient (Wildman–Crippen LogP) is 2.85. The Labute approximate surface area is 149 Å². The van der Waals surface area contributed by atoms with Gasteiger partial charge in [0.2, 0.25) is 0 Å². The second-order valence-corrected chi connectivity index (χ2v) is 7.27. The minimum Gasteiger partial charge on any atom is -0.481 e. The van der Waals surface area contributed by atoms with Crippen LogP contribution < -0.4 is 15.6 Å². The topological polar surface area (TPSA) is 67.4 Å². The van der Waals surface area contributed by atoms with Gasteiger partial charge in [-0.1, -0.05) is 19.1 Å². The summed E-state index contributed by atoms with van der Waals surface area (Å²) in [6.07, 6.45) is 3.12. The molecule has 1 aromatic heterocycles. The molecular formula is C18H19FN2O3S. The smallest absolute Gasteiger partial charge is 0.279 e. The number of thiophene rings is 1. The number of fused-ring (bicyclic) bond motifs is 1. The van der Waals surface area contributed by atoms with E-state index in [0.717, 1.165) is 19.3 Å². The van der Waals surface area contributed by atoms with E-state index in [1.165, 1.54) is 40.0 Å². The first-order valence-electron chi connectivity index (χ1n) is 8.11. The van der Waals surface area contributed by atoms with Crippen LogP contribution in [0, 0.1) is 11.7 Å². The molecule has 2 amide bonds. The van der Waals surface area contributed by atoms with Gasteiger partial charge >= 0.3 is 0 Å². The van der Waals surface area contributed by atoms with Crippen LogP contribution in [0.4, 0.5) is 4.39 Å². The average Bonchev–Trinajstić information content (AvgIpc) is 3.02. The Kier molecular flexibility index (Phi) is 5.33. The maximum Gasteiger partial charge on any atom is 0.279 e. The van der Waals surface area contributed by atoms with Crippen molar-refractivity contribution in [3.05, 3.63) is 51.5 Å². The molecule has 1 heterocycles. The van der Waals surface area contributed by atoms with E-state index in [4.69, 9.17) is 4.74 Å². The van der Waals surface area contributed by atoms with Gasteiger partial charge in [-0.05, 0) is 48.9 Å². The summed E-state index contributed by atoms with van der Waals surface area (Å²) in [7, 11) is 0. The monoisotopic (exact) mass is 362 g/mol. The summed E-state index contributed by atoms with van der Waals surface area (Å²) in [4.78, 5) is 25.7. The Morgan fingerprint density at radius 2 is 2.12 bits per heavy atom. The summed E-state index contributed by atoms with van der Waals surface area (Å²) in [5, 5.41) is 0. The van der Waals surface area contributed by atoms with Crippen LogP contribution in [-0.4, -0.2) is 18.4 Å². The van der Waals surface area contributed by atoms with Gasteiger partial charge < -0.3 is 4.74 Å². The number of aryl methyl sites for hydroxylation is 1. The highest BCUT2D eigenvalue weighted by atomic mass is 32.1. The molecule has 1 atom stereocenters. The third-order valence-corrected chi connectivity index (χ3v) is 5.30. The van der Waals surface area contributed by atoms with E-state index in [1.54, 1.807) is 6.07 Å². The summed E-state index contributed by atoms with van der Waals surface area (Å²) >= 11 is 1.47. The van der Waals surface area contributed by atoms with Gasteiger partial charge in [0.05, 0.1) is 4.88 Å². The van der Waals surface area contributed by atoms with E-state index in [9.17, 15) is 14.0 Å². The fourth-order valence-electron chi connectivity index (χ4n) is 2.75. The molecule has 0 bridgehead atoms. The van der Waals surface area contributed by atoms with E-state index in [-0.39, 0.29) is 18.3 Å². The molecule has 1 aromatic carbocycles. The number of hydrazine groups is 1. The normalized spacial score (nSPS) is 16.0. The zero-order valence-corrected chi connectivity index (χ0v) is 14.6. The number of rotatable bonds is 4. The number of halogens is 1. The molecule has 1 aliphatic rings. The van der Waals surface area contributed by atoms with Crippen molar-refractivity contribution in [3.63, 3.8) is 0 Å². The first-order chi connectivity index (χ1) is 12.0. The lowest BCUT2D eigenvalue weighted by molar-refractivity contribution is -0.123. The van der Waals surface area contributed by atoms with Crippen molar-refractivity contribution < 1.29 is 18.7 Å². The maximum atomic E-state index is 13.4. The molecular weight excluding hydrogens is 343 g/mol. The second kappa shape index (κ2) is 7.65. The van der Waals surface area contributed by atoms with Crippen LogP contribution in [-0.2, 0) is 17.6 Å². The molecule has 2 N–H and O–H groups in total. The highest BCUT2D eigenvalue weighted by molar-refractivity contribution is 7.14. The second-order valence-electron chi connectivity index (χ2n) is 6.13. The van der Waals surface area contributed by atoms with Crippen molar-refractivity contribution in [1.82, 2.24) is 10.9 Å². The number of ether oxygens (including phenoxy) is 1. The first kappa shape index (κ1) is 17.4. The van der Waals surface area contributed by atoms with Gasteiger partial charge in [0.25, 0.3) is 11.8 Å². The molecule has 0 fully saturated rings. The SMILES string of the molecule is C[C@@H]1CCc2sc(C(=O)NNC(=O)COc3ccccc3F)cc2C1. The number of carbonyl (C=O) groups excluding carboxylic acids is 2. The van der Waals surface area contributed by atoms with Gasteiger partial charge in [-0.25, -0.2) is 4.39 Å². The molecule has 0 radical (unpaired) electrons. The minimum absolute atomic E-state index is 0.0102. The standard InChI is InChI=1S/C18H19FN2O3S/c1-11-6-7-15-12(8-11)9-16(25-15)18(23)21-20-17(22)10-24-14-5-3-2-4-13(14)19/h2-5,9,11H,6-8,10H2,1H3,(H,20,22)(H,21,23)/t11-/m1/s1. The molecule has 0 saturated heterocycles. The largest absolute Gasteiger partial charge is 0.481 e. The quantitative estimate of drug-likeness (QED) is 0.822. The molecule has 1 aliphatic carbocycles. The minimum atomic E-state index is -0.563. The van der Waals surface area contributed by atoms with Crippen LogP contribution in [0.15, 0.2) is 30.3 Å². The Bertz CT molecular complexity index is 790. The molecule has 3 rings (SSSR count). The van der Waals surface area contributed by atoms with Gasteiger partial charge in [0, 0.05) is 4.88 Å². The van der Waals surface area contributed by atoms with Crippen molar-refractivity contribution >= 4 is 23.2 Å². The summed E-state index contributed by atoms with van der Waals surface area (Å²) in [5.74, 6) is -0.840. The number of amides is 2. The van der Waals surface area contributed by atoms with Crippen LogP contribution in [0.2, 0.25) is 0 Å². The summed E-state index contributed by atoms with van der Waals surface area (Å²) in [6.45, 7) is 1.82. The van der Waals surface area contributed by atoms with Crippen molar-refractivity contribution in [3.8, 4) is 5.75 Å². The molecule has 0 spiro atoms. The van der Waals surface area contributed by atoms with Crippen LogP contribution >= 0.6 is 11.3 Å². The lowest BCUT2D eigenvalue weighted by Gasteiger charge is -2.16. The fraction of sp³-hybridized carbons (Fsp3) is 0.333. The van der Waals surface area contributed by atoms with Gasteiger partial charge in [-0.2, -0.15) is 0 Å². The van der Waals surface area contributed by atoms with Crippen molar-refractivity contribution in [2.24, 2.45) is 5.92 Å². The van der Waals surface area contributed by atoms with Crippen LogP contribution in [0.3, 0.4) is 0 Å². The van der Waals surface area contributed by atoms with Crippen molar-refractivity contribution in [2.45, 2.75) is 26.2 Å². The highest BCUT2D eigenvalue weighted by Crippen LogP contribution is 2.32. The van der Waals surface area contributed by atoms with Crippen molar-refractivity contribution in [1.29, 1.82) is 0 Å². The lowest BCUT2D eigenvalue weighted by Crippen LogP contribution is -2.43. The van der Waals surface area contributed by atoms with Crippen LogP contribution in [0.1, 0.15) is 33.5 Å². The molecule has 7 heteroatoms. The average molecular weight is 362 g/mol. The van der Waals surface area contributed by atoms with Gasteiger partial charge in [-0.15, -0.1) is 11.3 Å². The fourth-order valence-corrected chi connectivity index (χ4v) is 3.85. The summed E-state index contributed by atoms with van der Waals surface area (Å²) in [5.41, 5.74) is 5.87. The third-order valence-electron chi connectivity index (χ3n) is 4.06. The number of nitrogens with one attached hydrogen (secondary N) is 2. The Morgan fingerprint density at radius 1 is 1.32 bits per heavy atom. The van der Waals surface area contributed by atoms with Crippen LogP contribution in [0.5, 0.6) is 5.75 Å². The van der Waals surface area contributed by atoms with E-state index in [1.807, 2.05) is 6.07 Å². The molecule has 132 valence electrons. The molecule has 2 aromatic rings. The first-order valence-corrected chi connectivity index (χ1v) is 8.92. The zero-order valence-electron chi connectivity index (χ0n) is 13.8. The Morgan fingerprint density at radius 3 is 2.92 bits per heavy atom. The molecule has 5 nitrogen and oxygen atoms in total. The van der Waals surface area contributed by atoms with E-state index in [2.05, 4.69) is 17.8 Å². The van der Waals surface area contributed by atoms with E-state index < -0.39 is 11.7 Å². The zero-order chi connectivity index (χ0) is 17.8. The summed E-state index contributed by atoms with van der Waals surface area (Å²) < 4.78 is 18.5. The number of para-hydroxylation sites is 1. The number of benzene rings is 1. The molecule has 25 heavy (non-hydrogen) atoms. The molecule has 0 aliphatic heterocycles. The number of hydrogen-bond donors (Lipinski definition) is 2. The molecule has 0 saturated carbocycles. The third kappa shape index (κ3) is 4.36.